The van der Waals surface area contributed by atoms with Crippen LogP contribution < -0.4 is 5.32 Å². The summed E-state index contributed by atoms with van der Waals surface area (Å²) in [5.41, 5.74) is 2.96. The number of hydrogen-bond acceptors (Lipinski definition) is 3. The van der Waals surface area contributed by atoms with Gasteiger partial charge in [-0.25, -0.2) is 8.42 Å². The summed E-state index contributed by atoms with van der Waals surface area (Å²) in [4.78, 5) is 12.7. The number of carbonyl (C=O) groups is 1. The molecule has 1 amide bonds. The molecule has 2 aromatic rings. The van der Waals surface area contributed by atoms with Crippen molar-refractivity contribution in [2.75, 3.05) is 18.4 Å². The summed E-state index contributed by atoms with van der Waals surface area (Å²) in [6.07, 6.45) is 2.85. The molecule has 1 heterocycles. The molecule has 26 heavy (non-hydrogen) atoms. The van der Waals surface area contributed by atoms with E-state index in [0.717, 1.165) is 30.4 Å². The summed E-state index contributed by atoms with van der Waals surface area (Å²) in [7, 11) is -3.53. The second kappa shape index (κ2) is 7.60. The number of rotatable bonds is 4. The predicted molar refractivity (Wildman–Crippen MR) is 103 cm³/mol. The SMILES string of the molecule is Cc1ccc(C(=O)Nc2cc(S(=O)(=O)N3CCCCC3)ccc2C)cc1. The fourth-order valence-electron chi connectivity index (χ4n) is 3.05. The Bertz CT molecular complexity index is 899. The van der Waals surface area contributed by atoms with Gasteiger partial charge in [0.25, 0.3) is 5.91 Å². The van der Waals surface area contributed by atoms with Gasteiger partial charge in [-0.05, 0) is 56.5 Å². The molecule has 1 aliphatic heterocycles. The van der Waals surface area contributed by atoms with Gasteiger partial charge in [0.1, 0.15) is 0 Å². The summed E-state index contributed by atoms with van der Waals surface area (Å²) in [6, 6.07) is 12.2. The second-order valence-corrected chi connectivity index (χ2v) is 8.70. The molecule has 6 heteroatoms. The van der Waals surface area contributed by atoms with Crippen molar-refractivity contribution in [1.29, 1.82) is 0 Å². The van der Waals surface area contributed by atoms with Crippen LogP contribution in [0.4, 0.5) is 5.69 Å². The number of aryl methyl sites for hydroxylation is 2. The zero-order chi connectivity index (χ0) is 18.7. The van der Waals surface area contributed by atoms with Crippen molar-refractivity contribution in [3.63, 3.8) is 0 Å². The number of piperidine rings is 1. The van der Waals surface area contributed by atoms with Crippen LogP contribution in [0.15, 0.2) is 47.4 Å². The third-order valence-corrected chi connectivity index (χ3v) is 6.62. The van der Waals surface area contributed by atoms with E-state index in [9.17, 15) is 13.2 Å². The van der Waals surface area contributed by atoms with Crippen LogP contribution in [0.3, 0.4) is 0 Å². The largest absolute Gasteiger partial charge is 0.322 e. The number of benzene rings is 2. The lowest BCUT2D eigenvalue weighted by atomic mass is 10.1. The van der Waals surface area contributed by atoms with Gasteiger partial charge in [0.05, 0.1) is 4.90 Å². The van der Waals surface area contributed by atoms with Gasteiger partial charge in [-0.2, -0.15) is 4.31 Å². The van der Waals surface area contributed by atoms with Gasteiger partial charge in [-0.15, -0.1) is 0 Å². The predicted octanol–water partition coefficient (Wildman–Crippen LogP) is 3.73. The van der Waals surface area contributed by atoms with Crippen molar-refractivity contribution >= 4 is 21.6 Å². The molecule has 138 valence electrons. The lowest BCUT2D eigenvalue weighted by molar-refractivity contribution is 0.102. The van der Waals surface area contributed by atoms with E-state index < -0.39 is 10.0 Å². The maximum atomic E-state index is 12.9. The molecule has 0 saturated carbocycles. The number of carbonyl (C=O) groups excluding carboxylic acids is 1. The van der Waals surface area contributed by atoms with Crippen LogP contribution in [-0.4, -0.2) is 31.7 Å². The minimum atomic E-state index is -3.53. The second-order valence-electron chi connectivity index (χ2n) is 6.76. The minimum absolute atomic E-state index is 0.226. The quantitative estimate of drug-likeness (QED) is 0.889. The maximum absolute atomic E-state index is 12.9. The molecule has 2 aromatic carbocycles. The molecule has 1 N–H and O–H groups in total. The first-order valence-corrected chi connectivity index (χ1v) is 10.3. The number of anilines is 1. The van der Waals surface area contributed by atoms with Crippen molar-refractivity contribution in [3.05, 3.63) is 59.2 Å². The van der Waals surface area contributed by atoms with Crippen molar-refractivity contribution in [2.24, 2.45) is 0 Å². The monoisotopic (exact) mass is 372 g/mol. The first-order valence-electron chi connectivity index (χ1n) is 8.87. The van der Waals surface area contributed by atoms with Gasteiger partial charge in [-0.3, -0.25) is 4.79 Å². The van der Waals surface area contributed by atoms with Gasteiger partial charge in [-0.1, -0.05) is 30.2 Å². The summed E-state index contributed by atoms with van der Waals surface area (Å²) >= 11 is 0. The highest BCUT2D eigenvalue weighted by Crippen LogP contribution is 2.25. The third-order valence-electron chi connectivity index (χ3n) is 4.72. The van der Waals surface area contributed by atoms with Crippen LogP contribution in [0.1, 0.15) is 40.7 Å². The van der Waals surface area contributed by atoms with E-state index in [2.05, 4.69) is 5.32 Å². The highest BCUT2D eigenvalue weighted by molar-refractivity contribution is 7.89. The Labute approximate surface area is 155 Å². The smallest absolute Gasteiger partial charge is 0.255 e. The molecule has 0 spiro atoms. The molecule has 0 atom stereocenters. The molecular weight excluding hydrogens is 348 g/mol. The van der Waals surface area contributed by atoms with Crippen LogP contribution in [0.5, 0.6) is 0 Å². The van der Waals surface area contributed by atoms with E-state index in [1.54, 1.807) is 30.3 Å². The van der Waals surface area contributed by atoms with E-state index in [0.29, 0.717) is 24.3 Å². The third kappa shape index (κ3) is 3.97. The van der Waals surface area contributed by atoms with Crippen molar-refractivity contribution in [1.82, 2.24) is 4.31 Å². The molecule has 5 nitrogen and oxygen atoms in total. The lowest BCUT2D eigenvalue weighted by Crippen LogP contribution is -2.35. The molecule has 0 radical (unpaired) electrons. The van der Waals surface area contributed by atoms with E-state index in [-0.39, 0.29) is 10.8 Å². The average molecular weight is 372 g/mol. The van der Waals surface area contributed by atoms with Gasteiger partial charge < -0.3 is 5.32 Å². The molecule has 0 aromatic heterocycles. The Morgan fingerprint density at radius 2 is 1.62 bits per heavy atom. The van der Waals surface area contributed by atoms with E-state index in [4.69, 9.17) is 0 Å². The highest BCUT2D eigenvalue weighted by Gasteiger charge is 2.26. The van der Waals surface area contributed by atoms with Crippen LogP contribution >= 0.6 is 0 Å². The van der Waals surface area contributed by atoms with Gasteiger partial charge in [0, 0.05) is 24.3 Å². The van der Waals surface area contributed by atoms with Crippen molar-refractivity contribution in [2.45, 2.75) is 38.0 Å². The van der Waals surface area contributed by atoms with E-state index in [1.165, 1.54) is 4.31 Å². The van der Waals surface area contributed by atoms with Crippen LogP contribution in [0.25, 0.3) is 0 Å². The fraction of sp³-hybridized carbons (Fsp3) is 0.350. The summed E-state index contributed by atoms with van der Waals surface area (Å²) in [5, 5.41) is 2.84. The first-order chi connectivity index (χ1) is 12.4. The summed E-state index contributed by atoms with van der Waals surface area (Å²) in [6.45, 7) is 4.92. The maximum Gasteiger partial charge on any atom is 0.255 e. The molecule has 1 fully saturated rings. The van der Waals surface area contributed by atoms with Gasteiger partial charge >= 0.3 is 0 Å². The number of nitrogens with zero attached hydrogens (tertiary/aromatic N) is 1. The van der Waals surface area contributed by atoms with Gasteiger partial charge in [0.2, 0.25) is 10.0 Å². The Morgan fingerprint density at radius 1 is 0.962 bits per heavy atom. The summed E-state index contributed by atoms with van der Waals surface area (Å²) in [5.74, 6) is -0.249. The number of hydrogen-bond donors (Lipinski definition) is 1. The molecule has 1 aliphatic rings. The normalized spacial score (nSPS) is 15.6. The first kappa shape index (κ1) is 18.6. The van der Waals surface area contributed by atoms with Crippen LogP contribution in [-0.2, 0) is 10.0 Å². The lowest BCUT2D eigenvalue weighted by Gasteiger charge is -2.26. The van der Waals surface area contributed by atoms with Crippen molar-refractivity contribution in [3.8, 4) is 0 Å². The van der Waals surface area contributed by atoms with Crippen molar-refractivity contribution < 1.29 is 13.2 Å². The molecular formula is C20H24N2O3S. The standard InChI is InChI=1S/C20H24N2O3S/c1-15-6-9-17(10-7-15)20(23)21-19-14-18(11-8-16(19)2)26(24,25)22-12-4-3-5-13-22/h6-11,14H,3-5,12-13H2,1-2H3,(H,21,23). The number of nitrogens with one attached hydrogen (secondary N) is 1. The van der Waals surface area contributed by atoms with E-state index >= 15 is 0 Å². The average Bonchev–Trinajstić information content (AvgIpc) is 2.64. The Morgan fingerprint density at radius 3 is 2.27 bits per heavy atom. The Hall–Kier alpha value is -2.18. The number of amides is 1. The van der Waals surface area contributed by atoms with Crippen LogP contribution in [0, 0.1) is 13.8 Å². The molecule has 1 saturated heterocycles. The molecule has 0 bridgehead atoms. The molecule has 0 unspecified atom stereocenters. The van der Waals surface area contributed by atoms with E-state index in [1.807, 2.05) is 26.0 Å². The highest BCUT2D eigenvalue weighted by atomic mass is 32.2. The topological polar surface area (TPSA) is 66.5 Å². The molecule has 3 rings (SSSR count). The zero-order valence-electron chi connectivity index (χ0n) is 15.2. The molecule has 0 aliphatic carbocycles. The minimum Gasteiger partial charge on any atom is -0.322 e. The van der Waals surface area contributed by atoms with Crippen LogP contribution in [0.2, 0.25) is 0 Å². The zero-order valence-corrected chi connectivity index (χ0v) is 16.0. The number of sulfonamides is 1. The Kier molecular flexibility index (Phi) is 5.44. The fourth-order valence-corrected chi connectivity index (χ4v) is 4.59. The summed E-state index contributed by atoms with van der Waals surface area (Å²) < 4.78 is 27.2. The Balaban J connectivity index is 1.85. The van der Waals surface area contributed by atoms with Gasteiger partial charge in [0.15, 0.2) is 0 Å².